The van der Waals surface area contributed by atoms with E-state index in [1.807, 2.05) is 34.6 Å². The van der Waals surface area contributed by atoms with E-state index in [0.717, 1.165) is 0 Å². The Kier molecular flexibility index (Phi) is 9.51. The quantitative estimate of drug-likeness (QED) is 0.318. The number of ether oxygens (including phenoxy) is 1. The average Bonchev–Trinajstić information content (AvgIpc) is 2.64. The molecule has 1 aromatic rings. The SMILES string of the molecule is CCN(CC)C(=O)Nc1ccc(OCC(CNC(C)(C)C)O[N+](=O)[O-])c(C(C)=O)c1. The first-order chi connectivity index (χ1) is 14.0. The summed E-state index contributed by atoms with van der Waals surface area (Å²) in [6, 6.07) is 4.42. The minimum atomic E-state index is -0.865. The highest BCUT2D eigenvalue weighted by Crippen LogP contribution is 2.24. The summed E-state index contributed by atoms with van der Waals surface area (Å²) < 4.78 is 5.66. The van der Waals surface area contributed by atoms with Crippen LogP contribution in [0, 0.1) is 10.1 Å². The zero-order valence-corrected chi connectivity index (χ0v) is 18.5. The summed E-state index contributed by atoms with van der Waals surface area (Å²) in [4.78, 5) is 41.4. The van der Waals surface area contributed by atoms with E-state index < -0.39 is 11.2 Å². The summed E-state index contributed by atoms with van der Waals surface area (Å²) in [5.74, 6) is -0.000422. The van der Waals surface area contributed by atoms with Crippen LogP contribution in [0.5, 0.6) is 5.75 Å². The maximum Gasteiger partial charge on any atom is 0.321 e. The number of anilines is 1. The van der Waals surface area contributed by atoms with Gasteiger partial charge in [0.2, 0.25) is 0 Å². The van der Waals surface area contributed by atoms with E-state index in [1.165, 1.54) is 13.0 Å². The van der Waals surface area contributed by atoms with Crippen molar-refractivity contribution >= 4 is 17.5 Å². The summed E-state index contributed by atoms with van der Waals surface area (Å²) in [5.41, 5.74) is 0.459. The predicted octanol–water partition coefficient (Wildman–Crippen LogP) is 3.11. The number of benzene rings is 1. The number of rotatable bonds is 11. The minimum Gasteiger partial charge on any atom is -0.490 e. The molecular formula is C20H32N4O6. The minimum absolute atomic E-state index is 0.129. The van der Waals surface area contributed by atoms with Crippen LogP contribution in [0.4, 0.5) is 10.5 Å². The van der Waals surface area contributed by atoms with Crippen LogP contribution >= 0.6 is 0 Å². The predicted molar refractivity (Wildman–Crippen MR) is 114 cm³/mol. The van der Waals surface area contributed by atoms with E-state index in [9.17, 15) is 19.7 Å². The van der Waals surface area contributed by atoms with E-state index in [1.54, 1.807) is 17.0 Å². The third-order valence-corrected chi connectivity index (χ3v) is 4.18. The standard InChI is InChI=1S/C20H32N4O6/c1-7-23(8-2)19(26)22-15-9-10-18(17(11-15)14(3)25)29-13-16(30-24(27)28)12-21-20(4,5)6/h9-11,16,21H,7-8,12-13H2,1-6H3,(H,22,26). The third kappa shape index (κ3) is 8.64. The van der Waals surface area contributed by atoms with Gasteiger partial charge in [0.05, 0.1) is 5.56 Å². The van der Waals surface area contributed by atoms with Crippen LogP contribution in [0.2, 0.25) is 0 Å². The average molecular weight is 424 g/mol. The van der Waals surface area contributed by atoms with Gasteiger partial charge in [-0.05, 0) is 59.7 Å². The van der Waals surface area contributed by atoms with E-state index in [4.69, 9.17) is 4.74 Å². The lowest BCUT2D eigenvalue weighted by molar-refractivity contribution is -0.768. The molecule has 0 heterocycles. The molecule has 1 rings (SSSR count). The van der Waals surface area contributed by atoms with Crippen LogP contribution in [0.3, 0.4) is 0 Å². The number of ketones is 1. The van der Waals surface area contributed by atoms with Gasteiger partial charge in [-0.2, -0.15) is 0 Å². The van der Waals surface area contributed by atoms with Gasteiger partial charge in [0.25, 0.3) is 5.09 Å². The molecule has 0 aliphatic rings. The van der Waals surface area contributed by atoms with Gasteiger partial charge >= 0.3 is 6.03 Å². The second kappa shape index (κ2) is 11.3. The normalized spacial score (nSPS) is 12.1. The van der Waals surface area contributed by atoms with E-state index in [0.29, 0.717) is 18.8 Å². The molecule has 0 radical (unpaired) electrons. The number of carbonyl (C=O) groups excluding carboxylic acids is 2. The largest absolute Gasteiger partial charge is 0.490 e. The van der Waals surface area contributed by atoms with Gasteiger partial charge in [-0.25, -0.2) is 4.79 Å². The number of hydrogen-bond acceptors (Lipinski definition) is 7. The van der Waals surface area contributed by atoms with Crippen LogP contribution in [-0.2, 0) is 4.84 Å². The molecule has 0 bridgehead atoms. The van der Waals surface area contributed by atoms with Gasteiger partial charge in [0.1, 0.15) is 12.4 Å². The molecule has 10 heteroatoms. The first-order valence-electron chi connectivity index (χ1n) is 9.86. The van der Waals surface area contributed by atoms with Crippen molar-refractivity contribution in [1.29, 1.82) is 0 Å². The van der Waals surface area contributed by atoms with Crippen molar-refractivity contribution in [2.75, 3.05) is 31.6 Å². The fourth-order valence-corrected chi connectivity index (χ4v) is 2.57. The number of amides is 2. The maximum atomic E-state index is 12.2. The van der Waals surface area contributed by atoms with Gasteiger partial charge in [-0.3, -0.25) is 4.79 Å². The van der Waals surface area contributed by atoms with Crippen molar-refractivity contribution in [3.05, 3.63) is 33.9 Å². The fourth-order valence-electron chi connectivity index (χ4n) is 2.57. The second-order valence-corrected chi connectivity index (χ2v) is 7.76. The molecule has 1 aromatic carbocycles. The molecule has 10 nitrogen and oxygen atoms in total. The van der Waals surface area contributed by atoms with Crippen LogP contribution in [0.25, 0.3) is 0 Å². The third-order valence-electron chi connectivity index (χ3n) is 4.18. The van der Waals surface area contributed by atoms with E-state index >= 15 is 0 Å². The lowest BCUT2D eigenvalue weighted by Gasteiger charge is -2.24. The van der Waals surface area contributed by atoms with Crippen molar-refractivity contribution in [2.45, 2.75) is 53.2 Å². The topological polar surface area (TPSA) is 123 Å². The number of hydrogen-bond donors (Lipinski definition) is 2. The highest BCUT2D eigenvalue weighted by atomic mass is 17.0. The van der Waals surface area contributed by atoms with Crippen molar-refractivity contribution < 1.29 is 24.3 Å². The molecule has 30 heavy (non-hydrogen) atoms. The molecule has 0 saturated carbocycles. The molecule has 0 fully saturated rings. The Morgan fingerprint density at radius 2 is 1.87 bits per heavy atom. The molecular weight excluding hydrogens is 392 g/mol. The molecule has 2 amide bonds. The highest BCUT2D eigenvalue weighted by Gasteiger charge is 2.20. The summed E-state index contributed by atoms with van der Waals surface area (Å²) in [6.45, 7) is 12.1. The van der Waals surface area contributed by atoms with Crippen LogP contribution < -0.4 is 15.4 Å². The molecule has 0 aliphatic carbocycles. The Bertz CT molecular complexity index is 743. The molecule has 1 unspecified atom stereocenters. The first kappa shape index (κ1) is 25.2. The summed E-state index contributed by atoms with van der Waals surface area (Å²) >= 11 is 0. The Morgan fingerprint density at radius 1 is 1.23 bits per heavy atom. The van der Waals surface area contributed by atoms with Gasteiger partial charge in [-0.1, -0.05) is 0 Å². The second-order valence-electron chi connectivity index (χ2n) is 7.76. The Labute approximate surface area is 177 Å². The monoisotopic (exact) mass is 424 g/mol. The van der Waals surface area contributed by atoms with Crippen molar-refractivity contribution in [3.8, 4) is 5.75 Å². The Balaban J connectivity index is 2.92. The Hall–Kier alpha value is -2.88. The zero-order chi connectivity index (χ0) is 22.9. The van der Waals surface area contributed by atoms with E-state index in [2.05, 4.69) is 15.5 Å². The number of Topliss-reactive ketones (excluding diaryl/α,β-unsaturated/α-hetero) is 1. The van der Waals surface area contributed by atoms with Crippen molar-refractivity contribution in [2.24, 2.45) is 0 Å². The lowest BCUT2D eigenvalue weighted by Crippen LogP contribution is -2.44. The summed E-state index contributed by atoms with van der Waals surface area (Å²) in [5, 5.41) is 15.8. The molecule has 2 N–H and O–H groups in total. The smallest absolute Gasteiger partial charge is 0.321 e. The first-order valence-corrected chi connectivity index (χ1v) is 9.86. The molecule has 0 aliphatic heterocycles. The maximum absolute atomic E-state index is 12.2. The van der Waals surface area contributed by atoms with Crippen LogP contribution in [-0.4, -0.2) is 59.7 Å². The highest BCUT2D eigenvalue weighted by molar-refractivity contribution is 5.99. The van der Waals surface area contributed by atoms with Crippen LogP contribution in [0.1, 0.15) is 51.9 Å². The lowest BCUT2D eigenvalue weighted by atomic mass is 10.1. The molecule has 1 atom stereocenters. The molecule has 168 valence electrons. The number of urea groups is 1. The van der Waals surface area contributed by atoms with Gasteiger partial charge in [-0.15, -0.1) is 10.1 Å². The van der Waals surface area contributed by atoms with Crippen molar-refractivity contribution in [3.63, 3.8) is 0 Å². The Morgan fingerprint density at radius 3 is 2.37 bits per heavy atom. The molecule has 0 aromatic heterocycles. The van der Waals surface area contributed by atoms with Gasteiger partial charge < -0.3 is 25.1 Å². The van der Waals surface area contributed by atoms with Crippen molar-refractivity contribution in [1.82, 2.24) is 10.2 Å². The molecule has 0 saturated heterocycles. The zero-order valence-electron chi connectivity index (χ0n) is 18.5. The van der Waals surface area contributed by atoms with Gasteiger partial charge in [0.15, 0.2) is 11.9 Å². The van der Waals surface area contributed by atoms with Gasteiger partial charge in [0, 0.05) is 30.9 Å². The number of nitrogens with zero attached hydrogens (tertiary/aromatic N) is 2. The fraction of sp³-hybridized carbons (Fsp3) is 0.600. The van der Waals surface area contributed by atoms with Crippen LogP contribution in [0.15, 0.2) is 18.2 Å². The summed E-state index contributed by atoms with van der Waals surface area (Å²) in [7, 11) is 0. The number of nitrogens with one attached hydrogen (secondary N) is 2. The summed E-state index contributed by atoms with van der Waals surface area (Å²) in [6.07, 6.45) is -0.860. The van der Waals surface area contributed by atoms with E-state index in [-0.39, 0.29) is 41.8 Å². The number of carbonyl (C=O) groups is 2. The molecule has 0 spiro atoms.